The molecule has 1 heteroatoms. The molecule has 152 valence electrons. The molecule has 0 aromatic carbocycles. The molecular formula is C26H41F. The van der Waals surface area contributed by atoms with Crippen molar-refractivity contribution in [3.63, 3.8) is 0 Å². The van der Waals surface area contributed by atoms with E-state index in [2.05, 4.69) is 60.9 Å². The van der Waals surface area contributed by atoms with E-state index in [1.165, 1.54) is 12.5 Å². The van der Waals surface area contributed by atoms with Gasteiger partial charge in [-0.05, 0) is 59.3 Å². The summed E-state index contributed by atoms with van der Waals surface area (Å²) in [7, 11) is 0. The van der Waals surface area contributed by atoms with Crippen molar-refractivity contribution in [1.82, 2.24) is 0 Å². The maximum Gasteiger partial charge on any atom is 0.126 e. The van der Waals surface area contributed by atoms with E-state index in [9.17, 15) is 4.39 Å². The first-order valence-electron chi connectivity index (χ1n) is 10.3. The minimum absolute atomic E-state index is 0.127. The Bertz CT molecular complexity index is 583. The number of hydrogen-bond acceptors (Lipinski definition) is 0. The van der Waals surface area contributed by atoms with Crippen LogP contribution in [0.25, 0.3) is 0 Å². The molecule has 0 nitrogen and oxygen atoms in total. The van der Waals surface area contributed by atoms with Gasteiger partial charge in [0.25, 0.3) is 0 Å². The fourth-order valence-corrected chi connectivity index (χ4v) is 2.58. The maximum atomic E-state index is 14.5. The van der Waals surface area contributed by atoms with Crippen molar-refractivity contribution >= 4 is 0 Å². The van der Waals surface area contributed by atoms with Crippen LogP contribution in [0.15, 0.2) is 72.7 Å². The third-order valence-corrected chi connectivity index (χ3v) is 5.10. The van der Waals surface area contributed by atoms with Gasteiger partial charge in [-0.3, -0.25) is 0 Å². The van der Waals surface area contributed by atoms with Crippen LogP contribution in [0.5, 0.6) is 0 Å². The van der Waals surface area contributed by atoms with Crippen LogP contribution < -0.4 is 0 Å². The van der Waals surface area contributed by atoms with Gasteiger partial charge in [-0.1, -0.05) is 98.4 Å². The Labute approximate surface area is 168 Å². The summed E-state index contributed by atoms with van der Waals surface area (Å²) in [5.41, 5.74) is 2.88. The molecule has 0 aromatic heterocycles. The Morgan fingerprint density at radius 1 is 0.704 bits per heavy atom. The fraction of sp³-hybridized carbons (Fsp3) is 0.538. The van der Waals surface area contributed by atoms with Crippen molar-refractivity contribution in [2.75, 3.05) is 0 Å². The first-order chi connectivity index (χ1) is 12.5. The highest BCUT2D eigenvalue weighted by Gasteiger charge is 2.12. The van der Waals surface area contributed by atoms with Crippen molar-refractivity contribution in [2.45, 2.75) is 67.2 Å². The molecule has 0 spiro atoms. The van der Waals surface area contributed by atoms with Crippen molar-refractivity contribution in [2.24, 2.45) is 23.7 Å². The highest BCUT2D eigenvalue weighted by Crippen LogP contribution is 2.27. The summed E-state index contributed by atoms with van der Waals surface area (Å²) in [6.45, 7) is 29.1. The van der Waals surface area contributed by atoms with Crippen molar-refractivity contribution in [1.29, 1.82) is 0 Å². The molecular weight excluding hydrogens is 331 g/mol. The average Bonchev–Trinajstić information content (AvgIpc) is 2.60. The molecule has 2 unspecified atom stereocenters. The molecule has 0 aliphatic rings. The van der Waals surface area contributed by atoms with Crippen LogP contribution >= 0.6 is 0 Å². The topological polar surface area (TPSA) is 0 Å². The normalized spacial score (nSPS) is 14.6. The van der Waals surface area contributed by atoms with Gasteiger partial charge in [-0.25, -0.2) is 4.39 Å². The highest BCUT2D eigenvalue weighted by atomic mass is 19.1. The second kappa shape index (κ2) is 12.7. The van der Waals surface area contributed by atoms with Crippen LogP contribution in [-0.4, -0.2) is 0 Å². The van der Waals surface area contributed by atoms with Crippen LogP contribution in [0.2, 0.25) is 0 Å². The third-order valence-electron chi connectivity index (χ3n) is 5.10. The summed E-state index contributed by atoms with van der Waals surface area (Å²) < 4.78 is 14.5. The van der Waals surface area contributed by atoms with E-state index < -0.39 is 0 Å². The van der Waals surface area contributed by atoms with Gasteiger partial charge in [-0.2, -0.15) is 0 Å². The molecule has 27 heavy (non-hydrogen) atoms. The maximum absolute atomic E-state index is 14.5. The van der Waals surface area contributed by atoms with Crippen molar-refractivity contribution in [3.8, 4) is 0 Å². The minimum Gasteiger partial charge on any atom is -0.207 e. The largest absolute Gasteiger partial charge is 0.207 e. The second-order valence-corrected chi connectivity index (χ2v) is 8.72. The molecule has 0 fully saturated rings. The Hall–Kier alpha value is -1.63. The van der Waals surface area contributed by atoms with Crippen LogP contribution in [-0.2, 0) is 0 Å². The highest BCUT2D eigenvalue weighted by molar-refractivity contribution is 5.47. The molecule has 0 aliphatic carbocycles. The first kappa shape index (κ1) is 25.4. The molecule has 0 rings (SSSR count). The van der Waals surface area contributed by atoms with Gasteiger partial charge in [0.1, 0.15) is 5.83 Å². The predicted octanol–water partition coefficient (Wildman–Crippen LogP) is 8.77. The smallest absolute Gasteiger partial charge is 0.126 e. The zero-order valence-electron chi connectivity index (χ0n) is 18.6. The van der Waals surface area contributed by atoms with Crippen LogP contribution in [0.3, 0.4) is 0 Å². The Morgan fingerprint density at radius 3 is 1.67 bits per heavy atom. The molecule has 0 aliphatic heterocycles. The molecule has 0 aromatic rings. The summed E-state index contributed by atoms with van der Waals surface area (Å²) >= 11 is 0. The van der Waals surface area contributed by atoms with Gasteiger partial charge in [0.05, 0.1) is 0 Å². The summed E-state index contributed by atoms with van der Waals surface area (Å²) in [6, 6.07) is 0. The lowest BCUT2D eigenvalue weighted by molar-refractivity contribution is 0.478. The Kier molecular flexibility index (Phi) is 11.9. The Balaban J connectivity index is 4.74. The number of hydrogen-bond donors (Lipinski definition) is 0. The van der Waals surface area contributed by atoms with E-state index >= 15 is 0 Å². The lowest BCUT2D eigenvalue weighted by atomic mass is 9.91. The van der Waals surface area contributed by atoms with E-state index in [1.54, 1.807) is 0 Å². The summed E-state index contributed by atoms with van der Waals surface area (Å²) in [4.78, 5) is 0. The van der Waals surface area contributed by atoms with Crippen LogP contribution in [0.4, 0.5) is 4.39 Å². The molecule has 0 heterocycles. The first-order valence-corrected chi connectivity index (χ1v) is 10.3. The van der Waals surface area contributed by atoms with Gasteiger partial charge in [0.15, 0.2) is 0 Å². The summed E-state index contributed by atoms with van der Waals surface area (Å²) in [6.07, 6.45) is 9.63. The standard InChI is InChI=1S/C26H41F/c1-18(2)11-13-20(5)21(6)15-16-22(7)24(9)17-26(27)25(10)23(8)14-12-19(3)4/h15-20,23H,6-7,9-14H2,1-5,8H3/b16-15-,26-17+. The molecule has 0 amide bonds. The second-order valence-electron chi connectivity index (χ2n) is 8.72. The van der Waals surface area contributed by atoms with E-state index in [-0.39, 0.29) is 11.7 Å². The fourth-order valence-electron chi connectivity index (χ4n) is 2.58. The number of rotatable bonds is 13. The quantitative estimate of drug-likeness (QED) is 0.283. The molecule has 0 bridgehead atoms. The van der Waals surface area contributed by atoms with Gasteiger partial charge >= 0.3 is 0 Å². The van der Waals surface area contributed by atoms with Gasteiger partial charge in [-0.15, -0.1) is 0 Å². The van der Waals surface area contributed by atoms with Gasteiger partial charge in [0.2, 0.25) is 0 Å². The van der Waals surface area contributed by atoms with E-state index in [1.807, 2.05) is 19.1 Å². The monoisotopic (exact) mass is 372 g/mol. The molecule has 0 saturated heterocycles. The van der Waals surface area contributed by atoms with Crippen LogP contribution in [0.1, 0.15) is 67.2 Å². The van der Waals surface area contributed by atoms with Gasteiger partial charge in [0, 0.05) is 0 Å². The SMILES string of the molecule is C=C(/C=C\C(=C)C(C)CCC(C)C)C(=C)/C=C(/F)C(=C)C(C)CCC(C)C. The Morgan fingerprint density at radius 2 is 1.19 bits per heavy atom. The zero-order valence-corrected chi connectivity index (χ0v) is 18.6. The minimum atomic E-state index is -0.296. The van der Waals surface area contributed by atoms with Gasteiger partial charge < -0.3 is 0 Å². The van der Waals surface area contributed by atoms with E-state index in [0.29, 0.717) is 34.5 Å². The van der Waals surface area contributed by atoms with Crippen molar-refractivity contribution in [3.05, 3.63) is 72.7 Å². The lowest BCUT2D eigenvalue weighted by Crippen LogP contribution is -2.02. The van der Waals surface area contributed by atoms with E-state index in [0.717, 1.165) is 24.8 Å². The molecule has 2 atom stereocenters. The molecule has 0 N–H and O–H groups in total. The summed E-state index contributed by atoms with van der Waals surface area (Å²) in [5.74, 6) is 1.57. The van der Waals surface area contributed by atoms with Crippen LogP contribution in [0, 0.1) is 23.7 Å². The van der Waals surface area contributed by atoms with E-state index in [4.69, 9.17) is 0 Å². The average molecular weight is 373 g/mol. The molecule has 0 radical (unpaired) electrons. The lowest BCUT2D eigenvalue weighted by Gasteiger charge is -2.15. The predicted molar refractivity (Wildman–Crippen MR) is 121 cm³/mol. The third kappa shape index (κ3) is 11.0. The molecule has 0 saturated carbocycles. The number of allylic oxidation sites excluding steroid dienone is 8. The summed E-state index contributed by atoms with van der Waals surface area (Å²) in [5, 5.41) is 0. The van der Waals surface area contributed by atoms with Crippen molar-refractivity contribution < 1.29 is 4.39 Å². The number of halogens is 1. The zero-order chi connectivity index (χ0) is 21.1.